The first-order valence-corrected chi connectivity index (χ1v) is 6.37. The van der Waals surface area contributed by atoms with Crippen molar-refractivity contribution in [3.63, 3.8) is 0 Å². The zero-order chi connectivity index (χ0) is 13.8. The molecule has 100 valence electrons. The maximum atomic E-state index is 5.02. The summed E-state index contributed by atoms with van der Waals surface area (Å²) in [4.78, 5) is 0. The van der Waals surface area contributed by atoms with Crippen LogP contribution >= 0.6 is 0 Å². The molecule has 0 heterocycles. The molecule has 0 aliphatic carbocycles. The van der Waals surface area contributed by atoms with Crippen molar-refractivity contribution in [3.05, 3.63) is 41.1 Å². The number of benzene rings is 1. The summed E-state index contributed by atoms with van der Waals surface area (Å²) in [5.41, 5.74) is 5.23. The Balaban J connectivity index is 2.91. The van der Waals surface area contributed by atoms with E-state index in [0.29, 0.717) is 6.73 Å². The minimum atomic E-state index is 0.208. The summed E-state index contributed by atoms with van der Waals surface area (Å²) >= 11 is 0. The third kappa shape index (κ3) is 3.88. The molecule has 0 aliphatic rings. The van der Waals surface area contributed by atoms with E-state index in [2.05, 4.69) is 64.2 Å². The Hall–Kier alpha value is -1.28. The topological polar surface area (TPSA) is 21.3 Å². The molecule has 18 heavy (non-hydrogen) atoms. The molecule has 1 N–H and O–H groups in total. The quantitative estimate of drug-likeness (QED) is 0.814. The second-order valence-corrected chi connectivity index (χ2v) is 5.69. The predicted molar refractivity (Wildman–Crippen MR) is 78.4 cm³/mol. The molecular weight excluding hydrogens is 222 g/mol. The maximum Gasteiger partial charge on any atom is 0.115 e. The molecule has 0 radical (unpaired) electrons. The van der Waals surface area contributed by atoms with Gasteiger partial charge in [-0.05, 0) is 36.0 Å². The Morgan fingerprint density at radius 1 is 1.11 bits per heavy atom. The van der Waals surface area contributed by atoms with Crippen LogP contribution in [-0.2, 0) is 10.2 Å². The molecule has 0 amide bonds. The van der Waals surface area contributed by atoms with Crippen LogP contribution < -0.4 is 5.32 Å². The van der Waals surface area contributed by atoms with E-state index in [1.807, 2.05) is 0 Å². The second-order valence-electron chi connectivity index (χ2n) is 5.69. The molecule has 1 rings (SSSR count). The first-order chi connectivity index (χ1) is 8.36. The van der Waals surface area contributed by atoms with Gasteiger partial charge in [0, 0.05) is 12.8 Å². The van der Waals surface area contributed by atoms with Crippen LogP contribution in [0.4, 0.5) is 0 Å². The summed E-state index contributed by atoms with van der Waals surface area (Å²) < 4.78 is 5.02. The number of hydrogen-bond acceptors (Lipinski definition) is 2. The van der Waals surface area contributed by atoms with Gasteiger partial charge in [-0.1, -0.05) is 45.0 Å². The molecule has 2 nitrogen and oxygen atoms in total. The highest BCUT2D eigenvalue weighted by atomic mass is 16.5. The number of rotatable bonds is 4. The standard InChI is InChI=1S/C16H25NO/c1-12(13(2)17-11-18-6)14-7-9-15(10-8-14)16(3,4)5/h7-10,17H,11H2,1-6H3/b13-12-. The van der Waals surface area contributed by atoms with E-state index >= 15 is 0 Å². The smallest absolute Gasteiger partial charge is 0.115 e. The second kappa shape index (κ2) is 6.05. The van der Waals surface area contributed by atoms with Crippen LogP contribution in [0.5, 0.6) is 0 Å². The third-order valence-electron chi connectivity index (χ3n) is 3.23. The molecule has 0 bridgehead atoms. The summed E-state index contributed by atoms with van der Waals surface area (Å²) in [7, 11) is 1.69. The van der Waals surface area contributed by atoms with Crippen molar-refractivity contribution < 1.29 is 4.74 Å². The van der Waals surface area contributed by atoms with Gasteiger partial charge in [0.05, 0.1) is 0 Å². The molecule has 0 fully saturated rings. The molecule has 2 heteroatoms. The summed E-state index contributed by atoms with van der Waals surface area (Å²) in [6.45, 7) is 11.4. The van der Waals surface area contributed by atoms with Crippen LogP contribution in [0, 0.1) is 0 Å². The van der Waals surface area contributed by atoms with Gasteiger partial charge in [-0.3, -0.25) is 0 Å². The van der Waals surface area contributed by atoms with Gasteiger partial charge in [-0.25, -0.2) is 0 Å². The first kappa shape index (κ1) is 14.8. The number of ether oxygens (including phenoxy) is 1. The van der Waals surface area contributed by atoms with Crippen LogP contribution in [0.15, 0.2) is 30.0 Å². The number of nitrogens with one attached hydrogen (secondary N) is 1. The molecule has 0 aliphatic heterocycles. The highest BCUT2D eigenvalue weighted by molar-refractivity contribution is 5.66. The molecule has 0 aromatic heterocycles. The highest BCUT2D eigenvalue weighted by Gasteiger charge is 2.13. The number of hydrogen-bond donors (Lipinski definition) is 1. The minimum absolute atomic E-state index is 0.208. The highest BCUT2D eigenvalue weighted by Crippen LogP contribution is 2.24. The fraction of sp³-hybridized carbons (Fsp3) is 0.500. The Bertz CT molecular complexity index is 410. The van der Waals surface area contributed by atoms with E-state index in [-0.39, 0.29) is 5.41 Å². The molecule has 0 atom stereocenters. The minimum Gasteiger partial charge on any atom is -0.366 e. The molecule has 0 spiro atoms. The zero-order valence-electron chi connectivity index (χ0n) is 12.4. The number of methoxy groups -OCH3 is 1. The van der Waals surface area contributed by atoms with Crippen molar-refractivity contribution in [2.75, 3.05) is 13.8 Å². The van der Waals surface area contributed by atoms with Crippen molar-refractivity contribution in [2.45, 2.75) is 40.0 Å². The largest absolute Gasteiger partial charge is 0.366 e. The van der Waals surface area contributed by atoms with Crippen molar-refractivity contribution >= 4 is 5.57 Å². The molecular formula is C16H25NO. The molecule has 1 aromatic rings. The van der Waals surface area contributed by atoms with Gasteiger partial charge in [0.1, 0.15) is 6.73 Å². The van der Waals surface area contributed by atoms with Gasteiger partial charge in [-0.15, -0.1) is 0 Å². The maximum absolute atomic E-state index is 5.02. The van der Waals surface area contributed by atoms with E-state index < -0.39 is 0 Å². The van der Waals surface area contributed by atoms with Gasteiger partial charge in [0.25, 0.3) is 0 Å². The van der Waals surface area contributed by atoms with Crippen LogP contribution in [-0.4, -0.2) is 13.8 Å². The lowest BCUT2D eigenvalue weighted by Crippen LogP contribution is -2.15. The predicted octanol–water partition coefficient (Wildman–Crippen LogP) is 3.93. The fourth-order valence-corrected chi connectivity index (χ4v) is 1.75. The lowest BCUT2D eigenvalue weighted by atomic mass is 9.86. The van der Waals surface area contributed by atoms with Crippen LogP contribution in [0.3, 0.4) is 0 Å². The summed E-state index contributed by atoms with van der Waals surface area (Å²) in [5.74, 6) is 0. The van der Waals surface area contributed by atoms with Crippen molar-refractivity contribution in [2.24, 2.45) is 0 Å². The first-order valence-electron chi connectivity index (χ1n) is 6.37. The van der Waals surface area contributed by atoms with Crippen LogP contribution in [0.25, 0.3) is 5.57 Å². The van der Waals surface area contributed by atoms with Gasteiger partial charge < -0.3 is 10.1 Å². The van der Waals surface area contributed by atoms with E-state index in [4.69, 9.17) is 4.74 Å². The van der Waals surface area contributed by atoms with Gasteiger partial charge >= 0.3 is 0 Å². The Morgan fingerprint density at radius 3 is 2.11 bits per heavy atom. The van der Waals surface area contributed by atoms with Crippen LogP contribution in [0.2, 0.25) is 0 Å². The van der Waals surface area contributed by atoms with Crippen LogP contribution in [0.1, 0.15) is 45.7 Å². The fourth-order valence-electron chi connectivity index (χ4n) is 1.75. The van der Waals surface area contributed by atoms with Crippen molar-refractivity contribution in [1.29, 1.82) is 0 Å². The third-order valence-corrected chi connectivity index (χ3v) is 3.23. The Morgan fingerprint density at radius 2 is 1.67 bits per heavy atom. The zero-order valence-corrected chi connectivity index (χ0v) is 12.4. The molecule has 0 saturated carbocycles. The van der Waals surface area contributed by atoms with Gasteiger partial charge in [0.2, 0.25) is 0 Å². The molecule has 0 unspecified atom stereocenters. The van der Waals surface area contributed by atoms with Gasteiger partial charge in [0.15, 0.2) is 0 Å². The Kier molecular flexibility index (Phi) is 4.97. The lowest BCUT2D eigenvalue weighted by molar-refractivity contribution is 0.184. The average molecular weight is 247 g/mol. The summed E-state index contributed by atoms with van der Waals surface area (Å²) in [6.07, 6.45) is 0. The average Bonchev–Trinajstić information content (AvgIpc) is 2.34. The summed E-state index contributed by atoms with van der Waals surface area (Å²) in [6, 6.07) is 8.80. The van der Waals surface area contributed by atoms with Crippen molar-refractivity contribution in [1.82, 2.24) is 5.32 Å². The van der Waals surface area contributed by atoms with E-state index in [0.717, 1.165) is 5.70 Å². The van der Waals surface area contributed by atoms with Gasteiger partial charge in [-0.2, -0.15) is 0 Å². The Labute approximate surface area is 111 Å². The van der Waals surface area contributed by atoms with E-state index in [9.17, 15) is 0 Å². The molecule has 0 saturated heterocycles. The normalized spacial score (nSPS) is 13.2. The summed E-state index contributed by atoms with van der Waals surface area (Å²) in [5, 5.41) is 3.23. The van der Waals surface area contributed by atoms with E-state index in [1.165, 1.54) is 16.7 Å². The van der Waals surface area contributed by atoms with Crippen molar-refractivity contribution in [3.8, 4) is 0 Å². The SMILES string of the molecule is COCN/C(C)=C(/C)c1ccc(C(C)(C)C)cc1. The molecule has 1 aromatic carbocycles. The monoisotopic (exact) mass is 247 g/mol. The van der Waals surface area contributed by atoms with E-state index in [1.54, 1.807) is 7.11 Å². The number of allylic oxidation sites excluding steroid dienone is 2. The lowest BCUT2D eigenvalue weighted by Gasteiger charge is -2.19.